The van der Waals surface area contributed by atoms with Crippen LogP contribution in [0.2, 0.25) is 0 Å². The van der Waals surface area contributed by atoms with Crippen molar-refractivity contribution in [3.8, 4) is 0 Å². The SMILES string of the molecule is COC(=O)[C@@H]1[C@H]2C[C@H]3c4c(c5ccccc5n4C(C)=O)CC(C(C)=O)N3C[C@@H]2CC[C@@H]1O. The third-order valence-corrected chi connectivity index (χ3v) is 8.05. The van der Waals surface area contributed by atoms with Crippen LogP contribution in [0.4, 0.5) is 0 Å². The molecule has 0 bridgehead atoms. The first-order chi connectivity index (χ1) is 15.3. The molecule has 3 heterocycles. The Kier molecular flexibility index (Phi) is 5.21. The van der Waals surface area contributed by atoms with Gasteiger partial charge in [0.15, 0.2) is 0 Å². The number of hydrogen-bond acceptors (Lipinski definition) is 6. The number of carbonyl (C=O) groups is 3. The zero-order valence-electron chi connectivity index (χ0n) is 18.8. The van der Waals surface area contributed by atoms with Crippen LogP contribution in [0.5, 0.6) is 0 Å². The molecule has 1 aromatic carbocycles. The number of aliphatic hydroxyl groups is 1. The summed E-state index contributed by atoms with van der Waals surface area (Å²) in [5.41, 5.74) is 2.87. The summed E-state index contributed by atoms with van der Waals surface area (Å²) in [4.78, 5) is 40.4. The average Bonchev–Trinajstić information content (AvgIpc) is 3.11. The molecule has 0 spiro atoms. The van der Waals surface area contributed by atoms with Crippen molar-refractivity contribution in [2.24, 2.45) is 17.8 Å². The smallest absolute Gasteiger partial charge is 0.311 e. The standard InChI is InChI=1S/C25H30N2O5/c1-13(28)20-11-18-16-6-4-5-7-19(16)27(14(2)29)24(18)21-10-17-15(12-26(20)21)8-9-22(30)23(17)25(31)32-3/h4-7,15,17,20-23,30H,8-12H2,1-3H3/t15-,17-,20?,21-,22-,23+/m0/s1. The van der Waals surface area contributed by atoms with Crippen molar-refractivity contribution in [2.75, 3.05) is 13.7 Å². The number of fused-ring (bicyclic) bond motifs is 6. The summed E-state index contributed by atoms with van der Waals surface area (Å²) in [5, 5.41) is 11.7. The van der Waals surface area contributed by atoms with Crippen LogP contribution in [0.3, 0.4) is 0 Å². The Bertz CT molecular complexity index is 1110. The van der Waals surface area contributed by atoms with E-state index >= 15 is 0 Å². The van der Waals surface area contributed by atoms with Crippen LogP contribution in [-0.4, -0.2) is 58.0 Å². The van der Waals surface area contributed by atoms with Gasteiger partial charge in [-0.1, -0.05) is 18.2 Å². The molecule has 7 nitrogen and oxygen atoms in total. The Labute approximate surface area is 187 Å². The molecule has 2 fully saturated rings. The van der Waals surface area contributed by atoms with E-state index in [0.29, 0.717) is 25.8 Å². The van der Waals surface area contributed by atoms with E-state index in [-0.39, 0.29) is 41.6 Å². The first-order valence-corrected chi connectivity index (χ1v) is 11.5. The first-order valence-electron chi connectivity index (χ1n) is 11.5. The first kappa shape index (κ1) is 21.3. The van der Waals surface area contributed by atoms with E-state index in [1.165, 1.54) is 7.11 Å². The second kappa shape index (κ2) is 7.81. The number of Topliss-reactive ketones (excluding diaryl/α,β-unsaturated/α-hetero) is 1. The maximum atomic E-state index is 12.8. The van der Waals surface area contributed by atoms with Gasteiger partial charge in [-0.25, -0.2) is 0 Å². The number of nitrogens with zero attached hydrogens (tertiary/aromatic N) is 2. The largest absolute Gasteiger partial charge is 0.469 e. The van der Waals surface area contributed by atoms with Gasteiger partial charge in [-0.15, -0.1) is 0 Å². The molecule has 1 saturated heterocycles. The van der Waals surface area contributed by atoms with E-state index < -0.39 is 12.0 Å². The summed E-state index contributed by atoms with van der Waals surface area (Å²) >= 11 is 0. The molecule has 5 rings (SSSR count). The van der Waals surface area contributed by atoms with E-state index in [1.807, 2.05) is 24.3 Å². The number of ketones is 1. The van der Waals surface area contributed by atoms with Crippen LogP contribution in [0.25, 0.3) is 10.9 Å². The molecule has 1 saturated carbocycles. The Hall–Kier alpha value is -2.51. The van der Waals surface area contributed by atoms with E-state index in [4.69, 9.17) is 4.74 Å². The lowest BCUT2D eigenvalue weighted by molar-refractivity contribution is -0.161. The summed E-state index contributed by atoms with van der Waals surface area (Å²) in [6.45, 7) is 3.89. The molecule has 1 unspecified atom stereocenters. The fraction of sp³-hybridized carbons (Fsp3) is 0.560. The molecule has 0 amide bonds. The Balaban J connectivity index is 1.67. The fourth-order valence-electron chi connectivity index (χ4n) is 6.71. The maximum Gasteiger partial charge on any atom is 0.311 e. The van der Waals surface area contributed by atoms with Crippen LogP contribution in [0, 0.1) is 17.8 Å². The molecule has 1 aromatic heterocycles. The monoisotopic (exact) mass is 438 g/mol. The molecule has 0 radical (unpaired) electrons. The third kappa shape index (κ3) is 3.05. The number of esters is 1. The zero-order valence-corrected chi connectivity index (χ0v) is 18.8. The summed E-state index contributed by atoms with van der Waals surface area (Å²) in [6.07, 6.45) is 1.85. The molecule has 1 N–H and O–H groups in total. The van der Waals surface area contributed by atoms with E-state index in [9.17, 15) is 19.5 Å². The van der Waals surface area contributed by atoms with Gasteiger partial charge in [0.05, 0.1) is 36.7 Å². The van der Waals surface area contributed by atoms with Crippen molar-refractivity contribution in [1.29, 1.82) is 0 Å². The number of carbonyl (C=O) groups excluding carboxylic acids is 3. The van der Waals surface area contributed by atoms with Gasteiger partial charge in [0, 0.05) is 24.5 Å². The molecule has 32 heavy (non-hydrogen) atoms. The predicted molar refractivity (Wildman–Crippen MR) is 118 cm³/mol. The third-order valence-electron chi connectivity index (χ3n) is 8.05. The highest BCUT2D eigenvalue weighted by Crippen LogP contribution is 2.51. The number of para-hydroxylation sites is 1. The number of hydrogen-bond donors (Lipinski definition) is 1. The molecule has 3 aliphatic rings. The second-order valence-electron chi connectivity index (χ2n) is 9.63. The number of aliphatic hydroxyl groups excluding tert-OH is 1. The lowest BCUT2D eigenvalue weighted by Gasteiger charge is -2.53. The molecular formula is C25H30N2O5. The minimum absolute atomic E-state index is 0.0515. The Morgan fingerprint density at radius 1 is 1.12 bits per heavy atom. The van der Waals surface area contributed by atoms with Crippen LogP contribution >= 0.6 is 0 Å². The second-order valence-corrected chi connectivity index (χ2v) is 9.63. The highest BCUT2D eigenvalue weighted by atomic mass is 16.5. The van der Waals surface area contributed by atoms with Gasteiger partial charge in [0.25, 0.3) is 0 Å². The van der Waals surface area contributed by atoms with Gasteiger partial charge >= 0.3 is 5.97 Å². The number of benzene rings is 1. The Morgan fingerprint density at radius 2 is 1.88 bits per heavy atom. The van der Waals surface area contributed by atoms with Crippen molar-refractivity contribution in [3.63, 3.8) is 0 Å². The predicted octanol–water partition coefficient (Wildman–Crippen LogP) is 2.74. The number of methoxy groups -OCH3 is 1. The van der Waals surface area contributed by atoms with Crippen LogP contribution in [0.15, 0.2) is 24.3 Å². The highest BCUT2D eigenvalue weighted by molar-refractivity contribution is 5.96. The van der Waals surface area contributed by atoms with Crippen molar-refractivity contribution in [2.45, 2.75) is 57.7 Å². The summed E-state index contributed by atoms with van der Waals surface area (Å²) in [6, 6.07) is 7.45. The quantitative estimate of drug-likeness (QED) is 0.726. The zero-order chi connectivity index (χ0) is 22.7. The van der Waals surface area contributed by atoms with E-state index in [0.717, 1.165) is 28.6 Å². The topological polar surface area (TPSA) is 88.8 Å². The van der Waals surface area contributed by atoms with Crippen LogP contribution < -0.4 is 0 Å². The van der Waals surface area contributed by atoms with Crippen molar-refractivity contribution < 1.29 is 24.2 Å². The van der Waals surface area contributed by atoms with Gasteiger partial charge in [0.1, 0.15) is 5.78 Å². The number of aromatic nitrogens is 1. The van der Waals surface area contributed by atoms with Crippen LogP contribution in [-0.2, 0) is 20.7 Å². The molecular weight excluding hydrogens is 408 g/mol. The normalized spacial score (nSPS) is 32.0. The Morgan fingerprint density at radius 3 is 2.56 bits per heavy atom. The molecule has 1 aliphatic carbocycles. The van der Waals surface area contributed by atoms with Gasteiger partial charge in [-0.3, -0.25) is 23.9 Å². The number of rotatable bonds is 2. The van der Waals surface area contributed by atoms with Gasteiger partial charge < -0.3 is 9.84 Å². The van der Waals surface area contributed by atoms with E-state index in [2.05, 4.69) is 4.90 Å². The summed E-state index contributed by atoms with van der Waals surface area (Å²) in [5.74, 6) is -0.719. The van der Waals surface area contributed by atoms with Gasteiger partial charge in [-0.05, 0) is 56.1 Å². The van der Waals surface area contributed by atoms with Crippen molar-refractivity contribution in [1.82, 2.24) is 9.47 Å². The van der Waals surface area contributed by atoms with Crippen molar-refractivity contribution >= 4 is 28.6 Å². The molecule has 6 atom stereocenters. The van der Waals surface area contributed by atoms with Crippen molar-refractivity contribution in [3.05, 3.63) is 35.5 Å². The fourth-order valence-corrected chi connectivity index (χ4v) is 6.71. The molecule has 2 aliphatic heterocycles. The minimum atomic E-state index is -0.722. The van der Waals surface area contributed by atoms with E-state index in [1.54, 1.807) is 18.4 Å². The maximum absolute atomic E-state index is 12.8. The van der Waals surface area contributed by atoms with Gasteiger partial charge in [0.2, 0.25) is 5.91 Å². The molecule has 170 valence electrons. The number of ether oxygens (including phenoxy) is 1. The number of piperidine rings is 1. The highest BCUT2D eigenvalue weighted by Gasteiger charge is 2.52. The lowest BCUT2D eigenvalue weighted by atomic mass is 9.64. The molecule has 7 heteroatoms. The molecule has 2 aromatic rings. The van der Waals surface area contributed by atoms with Gasteiger partial charge in [-0.2, -0.15) is 0 Å². The van der Waals surface area contributed by atoms with Crippen LogP contribution in [0.1, 0.15) is 55.2 Å². The minimum Gasteiger partial charge on any atom is -0.469 e. The summed E-state index contributed by atoms with van der Waals surface area (Å²) in [7, 11) is 1.37. The average molecular weight is 439 g/mol. The lowest BCUT2D eigenvalue weighted by Crippen LogP contribution is -2.57. The summed E-state index contributed by atoms with van der Waals surface area (Å²) < 4.78 is 6.86.